The number of nitrogens with two attached hydrogens (primary N) is 1. The second-order valence-electron chi connectivity index (χ2n) is 4.78. The van der Waals surface area contributed by atoms with Gasteiger partial charge in [0.2, 0.25) is 0 Å². The predicted octanol–water partition coefficient (Wildman–Crippen LogP) is 4.34. The quantitative estimate of drug-likeness (QED) is 0.516. The van der Waals surface area contributed by atoms with Gasteiger partial charge in [-0.05, 0) is 35.4 Å². The Balaban J connectivity index is 1.85. The van der Waals surface area contributed by atoms with E-state index in [1.807, 2.05) is 54.6 Å². The summed E-state index contributed by atoms with van der Waals surface area (Å²) in [5, 5.41) is 0. The van der Waals surface area contributed by atoms with E-state index in [1.54, 1.807) is 0 Å². The Hall–Kier alpha value is -2.98. The van der Waals surface area contributed by atoms with Crippen LogP contribution in [0.15, 0.2) is 78.9 Å². The summed E-state index contributed by atoms with van der Waals surface area (Å²) >= 11 is 0. The standard InChI is InChI=1S/C20H15N/c21-20-9-5-4-8-19(20)15-12-16-10-13-18(14-11-16)17-6-2-1-3-7-17/h1-11,13-14H,21H2. The first-order valence-corrected chi connectivity index (χ1v) is 6.85. The topological polar surface area (TPSA) is 26.0 Å². The molecule has 1 nitrogen and oxygen atoms in total. The van der Waals surface area contributed by atoms with E-state index >= 15 is 0 Å². The Bertz CT molecular complexity index is 790. The zero-order chi connectivity index (χ0) is 14.5. The second-order valence-corrected chi connectivity index (χ2v) is 4.78. The van der Waals surface area contributed by atoms with Crippen LogP contribution in [0.4, 0.5) is 5.69 Å². The smallest absolute Gasteiger partial charge is 0.0478 e. The summed E-state index contributed by atoms with van der Waals surface area (Å²) in [5.74, 6) is 6.26. The number of anilines is 1. The molecule has 0 aliphatic rings. The molecule has 0 saturated carbocycles. The zero-order valence-electron chi connectivity index (χ0n) is 11.6. The van der Waals surface area contributed by atoms with Crippen molar-refractivity contribution in [2.45, 2.75) is 0 Å². The van der Waals surface area contributed by atoms with Gasteiger partial charge >= 0.3 is 0 Å². The molecule has 3 rings (SSSR count). The van der Waals surface area contributed by atoms with E-state index in [9.17, 15) is 0 Å². The van der Waals surface area contributed by atoms with E-state index in [0.29, 0.717) is 5.69 Å². The summed E-state index contributed by atoms with van der Waals surface area (Å²) in [6.07, 6.45) is 0. The highest BCUT2D eigenvalue weighted by atomic mass is 14.5. The molecular weight excluding hydrogens is 254 g/mol. The van der Waals surface area contributed by atoms with Gasteiger partial charge in [0.15, 0.2) is 0 Å². The van der Waals surface area contributed by atoms with Crippen LogP contribution in [0.1, 0.15) is 11.1 Å². The number of rotatable bonds is 1. The number of para-hydroxylation sites is 1. The van der Waals surface area contributed by atoms with Gasteiger partial charge in [-0.15, -0.1) is 0 Å². The summed E-state index contributed by atoms with van der Waals surface area (Å²) in [6, 6.07) is 26.2. The molecule has 0 radical (unpaired) electrons. The van der Waals surface area contributed by atoms with E-state index in [-0.39, 0.29) is 0 Å². The number of hydrogen-bond acceptors (Lipinski definition) is 1. The van der Waals surface area contributed by atoms with Crippen LogP contribution in [0.5, 0.6) is 0 Å². The molecule has 100 valence electrons. The largest absolute Gasteiger partial charge is 0.398 e. The highest BCUT2D eigenvalue weighted by Crippen LogP contribution is 2.19. The van der Waals surface area contributed by atoms with Gasteiger partial charge < -0.3 is 5.73 Å². The minimum absolute atomic E-state index is 0.714. The molecule has 0 unspecified atom stereocenters. The monoisotopic (exact) mass is 269 g/mol. The van der Waals surface area contributed by atoms with Gasteiger partial charge in [0.1, 0.15) is 0 Å². The van der Waals surface area contributed by atoms with Gasteiger partial charge in [-0.25, -0.2) is 0 Å². The first-order valence-electron chi connectivity index (χ1n) is 6.85. The lowest BCUT2D eigenvalue weighted by molar-refractivity contribution is 1.59. The van der Waals surface area contributed by atoms with Crippen molar-refractivity contribution in [1.29, 1.82) is 0 Å². The summed E-state index contributed by atoms with van der Waals surface area (Å²) in [5.41, 5.74) is 10.9. The number of hydrogen-bond donors (Lipinski definition) is 1. The molecule has 0 bridgehead atoms. The van der Waals surface area contributed by atoms with Gasteiger partial charge in [0, 0.05) is 16.8 Å². The van der Waals surface area contributed by atoms with Crippen molar-refractivity contribution in [1.82, 2.24) is 0 Å². The maximum absolute atomic E-state index is 5.88. The molecule has 3 aromatic carbocycles. The first kappa shape index (κ1) is 13.0. The predicted molar refractivity (Wildman–Crippen MR) is 88.7 cm³/mol. The van der Waals surface area contributed by atoms with Gasteiger partial charge in [0.25, 0.3) is 0 Å². The summed E-state index contributed by atoms with van der Waals surface area (Å²) in [7, 11) is 0. The van der Waals surface area contributed by atoms with E-state index in [4.69, 9.17) is 5.73 Å². The molecule has 0 heterocycles. The van der Waals surface area contributed by atoms with Gasteiger partial charge in [0.05, 0.1) is 0 Å². The maximum Gasteiger partial charge on any atom is 0.0478 e. The molecule has 0 fully saturated rings. The van der Waals surface area contributed by atoms with Crippen LogP contribution in [0, 0.1) is 11.8 Å². The normalized spacial score (nSPS) is 9.71. The van der Waals surface area contributed by atoms with Crippen LogP contribution in [0.25, 0.3) is 11.1 Å². The fraction of sp³-hybridized carbons (Fsp3) is 0. The van der Waals surface area contributed by atoms with Crippen LogP contribution in [-0.4, -0.2) is 0 Å². The summed E-state index contributed by atoms with van der Waals surface area (Å²) in [6.45, 7) is 0. The van der Waals surface area contributed by atoms with Crippen LogP contribution in [0.2, 0.25) is 0 Å². The third-order valence-corrected chi connectivity index (χ3v) is 3.29. The van der Waals surface area contributed by atoms with Crippen molar-refractivity contribution in [3.05, 3.63) is 90.0 Å². The Kier molecular flexibility index (Phi) is 3.71. The van der Waals surface area contributed by atoms with Gasteiger partial charge in [-0.2, -0.15) is 0 Å². The highest BCUT2D eigenvalue weighted by molar-refractivity contribution is 5.64. The lowest BCUT2D eigenvalue weighted by Gasteiger charge is -2.01. The molecule has 0 aromatic heterocycles. The lowest BCUT2D eigenvalue weighted by atomic mass is 10.0. The lowest BCUT2D eigenvalue weighted by Crippen LogP contribution is -1.88. The molecule has 0 spiro atoms. The third-order valence-electron chi connectivity index (χ3n) is 3.29. The van der Waals surface area contributed by atoms with Crippen molar-refractivity contribution < 1.29 is 0 Å². The Morgan fingerprint density at radius 2 is 1.19 bits per heavy atom. The SMILES string of the molecule is Nc1ccccc1C#Cc1ccc(-c2ccccc2)cc1. The van der Waals surface area contributed by atoms with Crippen LogP contribution < -0.4 is 5.73 Å². The molecule has 3 aromatic rings. The average molecular weight is 269 g/mol. The van der Waals surface area contributed by atoms with Crippen LogP contribution in [0.3, 0.4) is 0 Å². The zero-order valence-corrected chi connectivity index (χ0v) is 11.6. The molecule has 0 amide bonds. The van der Waals surface area contributed by atoms with E-state index in [2.05, 4.69) is 36.1 Å². The Morgan fingerprint density at radius 1 is 0.571 bits per heavy atom. The average Bonchev–Trinajstić information content (AvgIpc) is 2.55. The fourth-order valence-corrected chi connectivity index (χ4v) is 2.13. The molecule has 0 aliphatic carbocycles. The third kappa shape index (κ3) is 3.13. The molecule has 0 aliphatic heterocycles. The van der Waals surface area contributed by atoms with E-state index in [1.165, 1.54) is 11.1 Å². The second kappa shape index (κ2) is 5.98. The molecule has 0 atom stereocenters. The first-order chi connectivity index (χ1) is 10.3. The maximum atomic E-state index is 5.88. The van der Waals surface area contributed by atoms with Crippen LogP contribution in [-0.2, 0) is 0 Å². The minimum Gasteiger partial charge on any atom is -0.398 e. The molecule has 1 heteroatoms. The molecule has 0 saturated heterocycles. The van der Waals surface area contributed by atoms with Crippen LogP contribution >= 0.6 is 0 Å². The van der Waals surface area contributed by atoms with E-state index in [0.717, 1.165) is 11.1 Å². The number of benzene rings is 3. The minimum atomic E-state index is 0.714. The Labute approximate surface area is 125 Å². The van der Waals surface area contributed by atoms with Crippen molar-refractivity contribution in [2.75, 3.05) is 5.73 Å². The molecular formula is C20H15N. The molecule has 21 heavy (non-hydrogen) atoms. The van der Waals surface area contributed by atoms with Crippen molar-refractivity contribution >= 4 is 5.69 Å². The fourth-order valence-electron chi connectivity index (χ4n) is 2.13. The summed E-state index contributed by atoms with van der Waals surface area (Å²) < 4.78 is 0. The van der Waals surface area contributed by atoms with Gasteiger partial charge in [-0.1, -0.05) is 66.4 Å². The molecule has 2 N–H and O–H groups in total. The summed E-state index contributed by atoms with van der Waals surface area (Å²) in [4.78, 5) is 0. The van der Waals surface area contributed by atoms with Gasteiger partial charge in [-0.3, -0.25) is 0 Å². The van der Waals surface area contributed by atoms with E-state index < -0.39 is 0 Å². The van der Waals surface area contributed by atoms with Crippen molar-refractivity contribution in [2.24, 2.45) is 0 Å². The number of nitrogen functional groups attached to an aromatic ring is 1. The van der Waals surface area contributed by atoms with Crippen molar-refractivity contribution in [3.8, 4) is 23.0 Å². The highest BCUT2D eigenvalue weighted by Gasteiger charge is 1.96. The van der Waals surface area contributed by atoms with Crippen molar-refractivity contribution in [3.63, 3.8) is 0 Å². The Morgan fingerprint density at radius 3 is 1.90 bits per heavy atom.